The van der Waals surface area contributed by atoms with Crippen molar-refractivity contribution in [3.63, 3.8) is 0 Å². The van der Waals surface area contributed by atoms with Crippen molar-refractivity contribution in [1.82, 2.24) is 0 Å². The molecule has 0 heterocycles. The third-order valence-electron chi connectivity index (χ3n) is 3.47. The topological polar surface area (TPSA) is 54.4 Å². The highest BCUT2D eigenvalue weighted by Crippen LogP contribution is 2.34. The monoisotopic (exact) mass is 316 g/mol. The Labute approximate surface area is 134 Å². The number of benzene rings is 2. The normalized spacial score (nSPS) is 13.4. The third kappa shape index (κ3) is 3.81. The average Bonchev–Trinajstić information content (AvgIpc) is 2.47. The SMILES string of the molecule is CC(=O)CC(=O)CC(O)(c1ccccc1)c1ccc(Cl)cc1. The zero-order chi connectivity index (χ0) is 16.2. The van der Waals surface area contributed by atoms with Gasteiger partial charge in [-0.05, 0) is 30.2 Å². The predicted octanol–water partition coefficient (Wildman–Crippen LogP) is 3.51. The lowest BCUT2D eigenvalue weighted by molar-refractivity contribution is -0.128. The smallest absolute Gasteiger partial charge is 0.143 e. The summed E-state index contributed by atoms with van der Waals surface area (Å²) in [6.07, 6.45) is -0.332. The van der Waals surface area contributed by atoms with Gasteiger partial charge in [0.1, 0.15) is 17.2 Å². The molecule has 2 aromatic rings. The van der Waals surface area contributed by atoms with Gasteiger partial charge in [-0.1, -0.05) is 54.1 Å². The van der Waals surface area contributed by atoms with E-state index in [2.05, 4.69) is 0 Å². The zero-order valence-electron chi connectivity index (χ0n) is 12.3. The molecule has 0 bridgehead atoms. The first kappa shape index (κ1) is 16.4. The molecule has 2 rings (SSSR count). The summed E-state index contributed by atoms with van der Waals surface area (Å²) in [4.78, 5) is 23.2. The molecule has 0 amide bonds. The lowest BCUT2D eigenvalue weighted by Crippen LogP contribution is -2.31. The van der Waals surface area contributed by atoms with E-state index in [-0.39, 0.29) is 24.4 Å². The molecule has 0 saturated heterocycles. The van der Waals surface area contributed by atoms with Gasteiger partial charge in [0.25, 0.3) is 0 Å². The molecule has 0 saturated carbocycles. The van der Waals surface area contributed by atoms with E-state index in [9.17, 15) is 14.7 Å². The Morgan fingerprint density at radius 2 is 1.55 bits per heavy atom. The average molecular weight is 317 g/mol. The first-order chi connectivity index (χ1) is 10.4. The highest BCUT2D eigenvalue weighted by Gasteiger charge is 2.34. The number of halogens is 1. The first-order valence-electron chi connectivity index (χ1n) is 6.97. The lowest BCUT2D eigenvalue weighted by atomic mass is 9.81. The van der Waals surface area contributed by atoms with Crippen molar-refractivity contribution in [1.29, 1.82) is 0 Å². The number of rotatable bonds is 6. The van der Waals surface area contributed by atoms with E-state index < -0.39 is 5.60 Å². The van der Waals surface area contributed by atoms with Crippen LogP contribution in [-0.2, 0) is 15.2 Å². The van der Waals surface area contributed by atoms with Crippen LogP contribution in [0.2, 0.25) is 5.02 Å². The predicted molar refractivity (Wildman–Crippen MR) is 85.8 cm³/mol. The fourth-order valence-electron chi connectivity index (χ4n) is 2.44. The molecule has 1 unspecified atom stereocenters. The third-order valence-corrected chi connectivity index (χ3v) is 3.72. The molecule has 1 atom stereocenters. The van der Waals surface area contributed by atoms with Gasteiger partial charge in [0.15, 0.2) is 0 Å². The van der Waals surface area contributed by atoms with Gasteiger partial charge in [0.05, 0.1) is 6.42 Å². The standard InChI is InChI=1S/C18H17ClO3/c1-13(20)11-17(21)12-18(22,14-5-3-2-4-6-14)15-7-9-16(19)10-8-15/h2-10,22H,11-12H2,1H3. The molecule has 114 valence electrons. The summed E-state index contributed by atoms with van der Waals surface area (Å²) in [5.41, 5.74) is -0.299. The van der Waals surface area contributed by atoms with E-state index in [1.807, 2.05) is 6.07 Å². The number of hydrogen-bond acceptors (Lipinski definition) is 3. The second-order valence-electron chi connectivity index (χ2n) is 5.33. The Hall–Kier alpha value is -1.97. The molecule has 0 aromatic heterocycles. The van der Waals surface area contributed by atoms with Gasteiger partial charge in [0.2, 0.25) is 0 Å². The first-order valence-corrected chi connectivity index (χ1v) is 7.35. The minimum absolute atomic E-state index is 0.155. The van der Waals surface area contributed by atoms with Gasteiger partial charge in [-0.15, -0.1) is 0 Å². The van der Waals surface area contributed by atoms with Crippen molar-refractivity contribution in [2.45, 2.75) is 25.4 Å². The van der Waals surface area contributed by atoms with Crippen LogP contribution < -0.4 is 0 Å². The summed E-state index contributed by atoms with van der Waals surface area (Å²) in [6, 6.07) is 15.7. The largest absolute Gasteiger partial charge is 0.380 e. The number of ketones is 2. The van der Waals surface area contributed by atoms with Crippen LogP contribution >= 0.6 is 11.6 Å². The van der Waals surface area contributed by atoms with Crippen LogP contribution in [0.25, 0.3) is 0 Å². The maximum Gasteiger partial charge on any atom is 0.143 e. The summed E-state index contributed by atoms with van der Waals surface area (Å²) < 4.78 is 0. The van der Waals surface area contributed by atoms with Crippen LogP contribution in [0.1, 0.15) is 30.9 Å². The van der Waals surface area contributed by atoms with Crippen molar-refractivity contribution in [3.05, 3.63) is 70.7 Å². The molecule has 0 aliphatic heterocycles. The molecule has 0 fully saturated rings. The lowest BCUT2D eigenvalue weighted by Gasteiger charge is -2.29. The fourth-order valence-corrected chi connectivity index (χ4v) is 2.56. The van der Waals surface area contributed by atoms with Crippen LogP contribution in [0.5, 0.6) is 0 Å². The minimum Gasteiger partial charge on any atom is -0.380 e. The molecule has 3 nitrogen and oxygen atoms in total. The maximum absolute atomic E-state index is 12.1. The summed E-state index contributed by atoms with van der Waals surface area (Å²) in [7, 11) is 0. The van der Waals surface area contributed by atoms with Gasteiger partial charge < -0.3 is 5.11 Å². The number of hydrogen-bond donors (Lipinski definition) is 1. The molecule has 1 N–H and O–H groups in total. The number of Topliss-reactive ketones (excluding diaryl/α,β-unsaturated/α-hetero) is 2. The summed E-state index contributed by atoms with van der Waals surface area (Å²) in [6.45, 7) is 1.36. The Morgan fingerprint density at radius 1 is 1.00 bits per heavy atom. The van der Waals surface area contributed by atoms with Gasteiger partial charge in [-0.3, -0.25) is 9.59 Å². The molecule has 0 spiro atoms. The van der Waals surface area contributed by atoms with Crippen LogP contribution in [0, 0.1) is 0 Å². The van der Waals surface area contributed by atoms with Crippen LogP contribution in [0.3, 0.4) is 0 Å². The Kier molecular flexibility index (Phi) is 5.11. The quantitative estimate of drug-likeness (QED) is 0.830. The molecular formula is C18H17ClO3. The molecule has 0 radical (unpaired) electrons. The summed E-state index contributed by atoms with van der Waals surface area (Å²) in [5, 5.41) is 11.7. The van der Waals surface area contributed by atoms with E-state index in [4.69, 9.17) is 11.6 Å². The summed E-state index contributed by atoms with van der Waals surface area (Å²) >= 11 is 5.89. The number of carbonyl (C=O) groups excluding carboxylic acids is 2. The molecule has 4 heteroatoms. The Bertz CT molecular complexity index is 664. The van der Waals surface area contributed by atoms with Gasteiger partial charge >= 0.3 is 0 Å². The zero-order valence-corrected chi connectivity index (χ0v) is 13.0. The van der Waals surface area contributed by atoms with E-state index in [1.165, 1.54) is 6.92 Å². The van der Waals surface area contributed by atoms with Crippen LogP contribution in [0.4, 0.5) is 0 Å². The molecular weight excluding hydrogens is 300 g/mol. The van der Waals surface area contributed by atoms with Crippen LogP contribution in [-0.4, -0.2) is 16.7 Å². The highest BCUT2D eigenvalue weighted by atomic mass is 35.5. The van der Waals surface area contributed by atoms with E-state index >= 15 is 0 Å². The van der Waals surface area contributed by atoms with E-state index in [0.717, 1.165) is 0 Å². The minimum atomic E-state index is -1.47. The molecule has 22 heavy (non-hydrogen) atoms. The van der Waals surface area contributed by atoms with Crippen molar-refractivity contribution in [2.75, 3.05) is 0 Å². The van der Waals surface area contributed by atoms with Crippen LogP contribution in [0.15, 0.2) is 54.6 Å². The number of carbonyl (C=O) groups is 2. The Balaban J connectivity index is 2.42. The highest BCUT2D eigenvalue weighted by molar-refractivity contribution is 6.30. The van der Waals surface area contributed by atoms with Gasteiger partial charge in [-0.2, -0.15) is 0 Å². The summed E-state index contributed by atoms with van der Waals surface area (Å²) in [5.74, 6) is -0.509. The van der Waals surface area contributed by atoms with E-state index in [0.29, 0.717) is 16.1 Å². The van der Waals surface area contributed by atoms with Gasteiger partial charge in [0, 0.05) is 11.4 Å². The van der Waals surface area contributed by atoms with E-state index in [1.54, 1.807) is 48.5 Å². The van der Waals surface area contributed by atoms with Gasteiger partial charge in [-0.25, -0.2) is 0 Å². The van der Waals surface area contributed by atoms with Crippen molar-refractivity contribution < 1.29 is 14.7 Å². The Morgan fingerprint density at radius 3 is 2.09 bits per heavy atom. The van der Waals surface area contributed by atoms with Crippen molar-refractivity contribution >= 4 is 23.2 Å². The fraction of sp³-hybridized carbons (Fsp3) is 0.222. The molecule has 0 aliphatic carbocycles. The second kappa shape index (κ2) is 6.86. The van der Waals surface area contributed by atoms with Crippen molar-refractivity contribution in [2.24, 2.45) is 0 Å². The number of aliphatic hydroxyl groups is 1. The van der Waals surface area contributed by atoms with Crippen molar-refractivity contribution in [3.8, 4) is 0 Å². The molecule has 0 aliphatic rings. The maximum atomic E-state index is 12.1. The molecule has 2 aromatic carbocycles. The second-order valence-corrected chi connectivity index (χ2v) is 5.76.